The number of hydrogen-bond donors (Lipinski definition) is 3. The lowest BCUT2D eigenvalue weighted by molar-refractivity contribution is 0.0948. The van der Waals surface area contributed by atoms with Crippen LogP contribution in [0.1, 0.15) is 23.3 Å². The molecule has 6 heteroatoms. The van der Waals surface area contributed by atoms with Gasteiger partial charge in [0.05, 0.1) is 11.2 Å². The van der Waals surface area contributed by atoms with Crippen LogP contribution in [0.2, 0.25) is 0 Å². The summed E-state index contributed by atoms with van der Waals surface area (Å²) >= 11 is 1.82. The molecule has 0 spiro atoms. The van der Waals surface area contributed by atoms with Crippen LogP contribution in [0.15, 0.2) is 30.3 Å². The maximum Gasteiger partial charge on any atom is 0.269 e. The molecule has 21 heavy (non-hydrogen) atoms. The van der Waals surface area contributed by atoms with Crippen LogP contribution in [0.3, 0.4) is 0 Å². The number of nitrogens with zero attached hydrogens (tertiary/aromatic N) is 1. The van der Waals surface area contributed by atoms with E-state index in [1.165, 1.54) is 0 Å². The lowest BCUT2D eigenvalue weighted by Gasteiger charge is -2.09. The van der Waals surface area contributed by atoms with Crippen LogP contribution in [-0.2, 0) is 0 Å². The summed E-state index contributed by atoms with van der Waals surface area (Å²) in [6.07, 6.45) is 4.16. The Bertz CT molecular complexity index is 618. The summed E-state index contributed by atoms with van der Waals surface area (Å²) in [7, 11) is 0. The fraction of sp³-hybridized carbons (Fsp3) is 0.333. The Morgan fingerprint density at radius 3 is 2.90 bits per heavy atom. The quantitative estimate of drug-likeness (QED) is 0.416. The molecule has 2 rings (SSSR count). The second-order valence-corrected chi connectivity index (χ2v) is 5.66. The van der Waals surface area contributed by atoms with E-state index >= 15 is 0 Å². The molecular weight excluding hydrogens is 284 g/mol. The summed E-state index contributed by atoms with van der Waals surface area (Å²) in [5, 5.41) is 3.79. The van der Waals surface area contributed by atoms with Crippen LogP contribution < -0.4 is 16.6 Å². The summed E-state index contributed by atoms with van der Waals surface area (Å²) in [6.45, 7) is 0.666. The summed E-state index contributed by atoms with van der Waals surface area (Å²) < 4.78 is 0. The number of carbonyl (C=O) groups is 1. The van der Waals surface area contributed by atoms with Crippen molar-refractivity contribution in [2.75, 3.05) is 24.0 Å². The molecule has 1 amide bonds. The van der Waals surface area contributed by atoms with E-state index in [9.17, 15) is 4.79 Å². The van der Waals surface area contributed by atoms with Gasteiger partial charge in [0.1, 0.15) is 5.69 Å². The topological polar surface area (TPSA) is 80.0 Å². The van der Waals surface area contributed by atoms with Gasteiger partial charge in [0, 0.05) is 11.9 Å². The molecule has 1 aromatic heterocycles. The molecule has 4 N–H and O–H groups in total. The molecule has 0 atom stereocenters. The van der Waals surface area contributed by atoms with Gasteiger partial charge in [-0.2, -0.15) is 11.8 Å². The first-order chi connectivity index (χ1) is 10.3. The van der Waals surface area contributed by atoms with Crippen molar-refractivity contribution in [3.05, 3.63) is 36.0 Å². The van der Waals surface area contributed by atoms with Crippen LogP contribution in [0.5, 0.6) is 0 Å². The number of pyridine rings is 1. The van der Waals surface area contributed by atoms with Gasteiger partial charge in [-0.05, 0) is 37.0 Å². The minimum atomic E-state index is -0.165. The Kier molecular flexibility index (Phi) is 5.83. The Morgan fingerprint density at radius 1 is 1.33 bits per heavy atom. The number of para-hydroxylation sites is 1. The number of thioether (sulfide) groups is 1. The van der Waals surface area contributed by atoms with Gasteiger partial charge in [0.2, 0.25) is 0 Å². The molecule has 0 saturated carbocycles. The van der Waals surface area contributed by atoms with E-state index in [0.29, 0.717) is 17.9 Å². The number of nitrogens with one attached hydrogen (secondary N) is 2. The summed E-state index contributed by atoms with van der Waals surface area (Å²) in [5.41, 5.74) is 4.46. The molecule has 5 nitrogen and oxygen atoms in total. The minimum Gasteiger partial charge on any atom is -0.351 e. The van der Waals surface area contributed by atoms with Gasteiger partial charge < -0.3 is 10.7 Å². The van der Waals surface area contributed by atoms with Crippen molar-refractivity contribution in [2.24, 2.45) is 5.84 Å². The lowest BCUT2D eigenvalue weighted by Crippen LogP contribution is -2.25. The smallest absolute Gasteiger partial charge is 0.269 e. The van der Waals surface area contributed by atoms with Crippen LogP contribution >= 0.6 is 11.8 Å². The van der Waals surface area contributed by atoms with Crippen molar-refractivity contribution in [3.63, 3.8) is 0 Å². The van der Waals surface area contributed by atoms with Crippen molar-refractivity contribution in [1.82, 2.24) is 10.3 Å². The summed E-state index contributed by atoms with van der Waals surface area (Å²) in [4.78, 5) is 16.5. The van der Waals surface area contributed by atoms with Crippen molar-refractivity contribution in [3.8, 4) is 0 Å². The number of benzene rings is 1. The van der Waals surface area contributed by atoms with E-state index in [4.69, 9.17) is 5.84 Å². The highest BCUT2D eigenvalue weighted by Crippen LogP contribution is 2.22. The van der Waals surface area contributed by atoms with Gasteiger partial charge >= 0.3 is 0 Å². The number of hydrazine groups is 1. The van der Waals surface area contributed by atoms with Crippen molar-refractivity contribution < 1.29 is 4.79 Å². The Hall–Kier alpha value is -1.79. The number of amides is 1. The van der Waals surface area contributed by atoms with Gasteiger partial charge in [-0.1, -0.05) is 18.2 Å². The van der Waals surface area contributed by atoms with E-state index in [-0.39, 0.29) is 5.91 Å². The molecule has 0 radical (unpaired) electrons. The molecule has 0 unspecified atom stereocenters. The second kappa shape index (κ2) is 7.85. The zero-order valence-corrected chi connectivity index (χ0v) is 12.9. The van der Waals surface area contributed by atoms with Crippen LogP contribution in [0.4, 0.5) is 5.69 Å². The number of hydrogen-bond acceptors (Lipinski definition) is 5. The van der Waals surface area contributed by atoms with Gasteiger partial charge in [0.25, 0.3) is 5.91 Å². The largest absolute Gasteiger partial charge is 0.351 e. The van der Waals surface area contributed by atoms with Crippen LogP contribution in [-0.4, -0.2) is 29.4 Å². The average Bonchev–Trinajstić information content (AvgIpc) is 2.53. The molecule has 0 saturated heterocycles. The lowest BCUT2D eigenvalue weighted by atomic mass is 10.1. The van der Waals surface area contributed by atoms with E-state index in [0.717, 1.165) is 29.5 Å². The zero-order valence-electron chi connectivity index (χ0n) is 12.1. The maximum atomic E-state index is 12.1. The SMILES string of the molecule is CSCCCCNC(=O)c1cc(NN)c2ccccc2n1. The molecule has 0 aliphatic heterocycles. The maximum absolute atomic E-state index is 12.1. The number of aromatic nitrogens is 1. The molecular formula is C15H20N4OS. The number of anilines is 1. The molecule has 1 aromatic carbocycles. The molecule has 0 bridgehead atoms. The Balaban J connectivity index is 2.09. The number of nitrogens with two attached hydrogens (primary N) is 1. The first-order valence-electron chi connectivity index (χ1n) is 6.90. The first kappa shape index (κ1) is 15.6. The molecule has 2 aromatic rings. The molecule has 0 aliphatic carbocycles. The number of fused-ring (bicyclic) bond motifs is 1. The molecule has 0 aliphatic rings. The Morgan fingerprint density at radius 2 is 2.14 bits per heavy atom. The molecule has 1 heterocycles. The third-order valence-electron chi connectivity index (χ3n) is 3.17. The number of unbranched alkanes of at least 4 members (excludes halogenated alkanes) is 1. The van der Waals surface area contributed by atoms with E-state index in [1.54, 1.807) is 6.07 Å². The number of rotatable bonds is 7. The number of carbonyl (C=O) groups excluding carboxylic acids is 1. The van der Waals surface area contributed by atoms with Gasteiger partial charge in [0.15, 0.2) is 0 Å². The third kappa shape index (κ3) is 4.09. The van der Waals surface area contributed by atoms with E-state index < -0.39 is 0 Å². The van der Waals surface area contributed by atoms with Gasteiger partial charge in [-0.15, -0.1) is 0 Å². The highest BCUT2D eigenvalue weighted by Gasteiger charge is 2.11. The highest BCUT2D eigenvalue weighted by atomic mass is 32.2. The van der Waals surface area contributed by atoms with Gasteiger partial charge in [-0.25, -0.2) is 4.98 Å². The van der Waals surface area contributed by atoms with Crippen molar-refractivity contribution >= 4 is 34.3 Å². The minimum absolute atomic E-state index is 0.165. The number of nitrogen functional groups attached to an aromatic ring is 1. The predicted octanol–water partition coefficient (Wildman–Crippen LogP) is 2.39. The molecule has 112 valence electrons. The second-order valence-electron chi connectivity index (χ2n) is 4.67. The van der Waals surface area contributed by atoms with E-state index in [2.05, 4.69) is 22.0 Å². The standard InChI is InChI=1S/C15H20N4OS/c1-21-9-5-4-8-17-15(20)14-10-13(19-16)11-6-2-3-7-12(11)18-14/h2-3,6-7,10H,4-5,8-9,16H2,1H3,(H,17,20)(H,18,19). The summed E-state index contributed by atoms with van der Waals surface area (Å²) in [6, 6.07) is 9.27. The van der Waals surface area contributed by atoms with Crippen LogP contribution in [0, 0.1) is 0 Å². The molecule has 0 fully saturated rings. The van der Waals surface area contributed by atoms with Crippen LogP contribution in [0.25, 0.3) is 10.9 Å². The van der Waals surface area contributed by atoms with Crippen molar-refractivity contribution in [1.29, 1.82) is 0 Å². The zero-order chi connectivity index (χ0) is 15.1. The van der Waals surface area contributed by atoms with E-state index in [1.807, 2.05) is 36.0 Å². The average molecular weight is 304 g/mol. The monoisotopic (exact) mass is 304 g/mol. The third-order valence-corrected chi connectivity index (χ3v) is 3.86. The fourth-order valence-corrected chi connectivity index (χ4v) is 2.57. The first-order valence-corrected chi connectivity index (χ1v) is 8.29. The van der Waals surface area contributed by atoms with Crippen molar-refractivity contribution in [2.45, 2.75) is 12.8 Å². The normalized spacial score (nSPS) is 10.6. The Labute approximate surface area is 128 Å². The fourth-order valence-electron chi connectivity index (χ4n) is 2.08. The van der Waals surface area contributed by atoms with Gasteiger partial charge in [-0.3, -0.25) is 10.6 Å². The summed E-state index contributed by atoms with van der Waals surface area (Å²) in [5.74, 6) is 6.48. The predicted molar refractivity (Wildman–Crippen MR) is 89.5 cm³/mol. The highest BCUT2D eigenvalue weighted by molar-refractivity contribution is 7.98.